The molecule has 18 heavy (non-hydrogen) atoms. The van der Waals surface area contributed by atoms with Gasteiger partial charge in [0, 0.05) is 6.92 Å². The first-order valence-electron chi connectivity index (χ1n) is 4.95. The lowest BCUT2D eigenvalue weighted by atomic mass is 10.2. The predicted molar refractivity (Wildman–Crippen MR) is 61.0 cm³/mol. The van der Waals surface area contributed by atoms with Crippen molar-refractivity contribution in [2.75, 3.05) is 7.11 Å². The van der Waals surface area contributed by atoms with Crippen molar-refractivity contribution in [1.29, 1.82) is 0 Å². The van der Waals surface area contributed by atoms with Crippen LogP contribution < -0.4 is 14.9 Å². The average Bonchev–Trinajstić information content (AvgIpc) is 2.28. The molecule has 0 aliphatic heterocycles. The van der Waals surface area contributed by atoms with E-state index in [9.17, 15) is 13.6 Å². The zero-order valence-corrected chi connectivity index (χ0v) is 9.81. The largest absolute Gasteiger partial charge is 0.493 e. The van der Waals surface area contributed by atoms with E-state index in [2.05, 4.69) is 15.3 Å². The van der Waals surface area contributed by atoms with E-state index in [0.717, 1.165) is 0 Å². The molecule has 0 atom stereocenters. The molecule has 0 spiro atoms. The number of rotatable bonds is 5. The molecule has 0 bridgehead atoms. The van der Waals surface area contributed by atoms with Crippen LogP contribution in [0.3, 0.4) is 0 Å². The van der Waals surface area contributed by atoms with E-state index < -0.39 is 6.61 Å². The number of alkyl halides is 2. The van der Waals surface area contributed by atoms with Gasteiger partial charge >= 0.3 is 6.61 Å². The van der Waals surface area contributed by atoms with Crippen LogP contribution in [0.25, 0.3) is 0 Å². The summed E-state index contributed by atoms with van der Waals surface area (Å²) in [6.07, 6.45) is 1.30. The molecule has 0 aliphatic carbocycles. The number of ether oxygens (including phenoxy) is 2. The first-order valence-corrected chi connectivity index (χ1v) is 4.95. The van der Waals surface area contributed by atoms with Crippen LogP contribution in [0.4, 0.5) is 8.78 Å². The van der Waals surface area contributed by atoms with Gasteiger partial charge in [-0.05, 0) is 23.8 Å². The number of hydrazone groups is 1. The van der Waals surface area contributed by atoms with Crippen molar-refractivity contribution in [2.24, 2.45) is 5.10 Å². The highest BCUT2D eigenvalue weighted by molar-refractivity contribution is 5.82. The van der Waals surface area contributed by atoms with Crippen LogP contribution in [-0.2, 0) is 4.79 Å². The highest BCUT2D eigenvalue weighted by atomic mass is 19.3. The minimum Gasteiger partial charge on any atom is -0.493 e. The fourth-order valence-corrected chi connectivity index (χ4v) is 1.16. The third-order valence-corrected chi connectivity index (χ3v) is 1.84. The lowest BCUT2D eigenvalue weighted by Gasteiger charge is -2.09. The SMILES string of the molecule is COc1ccc(/C=N\NC(C)=O)cc1OC(F)F. The first kappa shape index (κ1) is 13.9. The smallest absolute Gasteiger partial charge is 0.387 e. The zero-order valence-electron chi connectivity index (χ0n) is 9.81. The summed E-state index contributed by atoms with van der Waals surface area (Å²) in [6, 6.07) is 4.38. The number of carbonyl (C=O) groups is 1. The maximum absolute atomic E-state index is 12.2. The van der Waals surface area contributed by atoms with E-state index in [1.807, 2.05) is 0 Å². The van der Waals surface area contributed by atoms with E-state index in [1.54, 1.807) is 6.07 Å². The number of nitrogens with zero attached hydrogens (tertiary/aromatic N) is 1. The normalized spacial score (nSPS) is 10.7. The third kappa shape index (κ3) is 4.36. The monoisotopic (exact) mass is 258 g/mol. The second-order valence-electron chi connectivity index (χ2n) is 3.21. The van der Waals surface area contributed by atoms with Gasteiger partial charge in [0.2, 0.25) is 5.91 Å². The Balaban J connectivity index is 2.88. The minimum atomic E-state index is -2.94. The van der Waals surface area contributed by atoms with Gasteiger partial charge in [0.05, 0.1) is 13.3 Å². The summed E-state index contributed by atoms with van der Waals surface area (Å²) < 4.78 is 33.5. The summed E-state index contributed by atoms with van der Waals surface area (Å²) in [5, 5.41) is 3.61. The molecule has 7 heteroatoms. The molecule has 0 radical (unpaired) electrons. The van der Waals surface area contributed by atoms with Crippen LogP contribution in [0.2, 0.25) is 0 Å². The Bertz CT molecular complexity index is 450. The van der Waals surface area contributed by atoms with Crippen molar-refractivity contribution in [3.63, 3.8) is 0 Å². The van der Waals surface area contributed by atoms with Crippen molar-refractivity contribution < 1.29 is 23.0 Å². The summed E-state index contributed by atoms with van der Waals surface area (Å²) in [6.45, 7) is -1.64. The molecule has 1 rings (SSSR count). The third-order valence-electron chi connectivity index (χ3n) is 1.84. The molecule has 0 saturated carbocycles. The minimum absolute atomic E-state index is 0.0979. The summed E-state index contributed by atoms with van der Waals surface area (Å²) in [7, 11) is 1.35. The van der Waals surface area contributed by atoms with Crippen molar-refractivity contribution in [3.05, 3.63) is 23.8 Å². The zero-order chi connectivity index (χ0) is 13.5. The number of amides is 1. The summed E-state index contributed by atoms with van der Waals surface area (Å²) >= 11 is 0. The van der Waals surface area contributed by atoms with Gasteiger partial charge in [0.25, 0.3) is 0 Å². The molecular formula is C11H12F2N2O3. The molecule has 0 unspecified atom stereocenters. The van der Waals surface area contributed by atoms with Gasteiger partial charge in [-0.3, -0.25) is 4.79 Å². The number of carbonyl (C=O) groups excluding carboxylic acids is 1. The topological polar surface area (TPSA) is 59.9 Å². The van der Waals surface area contributed by atoms with E-state index in [4.69, 9.17) is 4.74 Å². The Hall–Kier alpha value is -2.18. The van der Waals surface area contributed by atoms with Gasteiger partial charge in [-0.25, -0.2) is 5.43 Å². The molecule has 0 aliphatic rings. The highest BCUT2D eigenvalue weighted by Crippen LogP contribution is 2.28. The Kier molecular flexibility index (Phi) is 5.04. The number of halogens is 2. The van der Waals surface area contributed by atoms with Crippen molar-refractivity contribution in [3.8, 4) is 11.5 Å². The molecule has 98 valence electrons. The second kappa shape index (κ2) is 6.53. The Morgan fingerprint density at radius 3 is 2.72 bits per heavy atom. The lowest BCUT2D eigenvalue weighted by molar-refractivity contribution is -0.118. The van der Waals surface area contributed by atoms with Gasteiger partial charge < -0.3 is 9.47 Å². The van der Waals surface area contributed by atoms with Crippen LogP contribution in [0, 0.1) is 0 Å². The molecule has 1 aromatic carbocycles. The molecule has 5 nitrogen and oxygen atoms in total. The molecule has 0 saturated heterocycles. The predicted octanol–water partition coefficient (Wildman–Crippen LogP) is 1.77. The number of methoxy groups -OCH3 is 1. The Labute approximate surface area is 102 Å². The summed E-state index contributed by atoms with van der Waals surface area (Å²) in [5.74, 6) is -0.241. The van der Waals surface area contributed by atoms with E-state index in [1.165, 1.54) is 32.4 Å². The molecule has 1 N–H and O–H groups in total. The van der Waals surface area contributed by atoms with Gasteiger partial charge in [0.1, 0.15) is 0 Å². The number of hydrogen-bond donors (Lipinski definition) is 1. The quantitative estimate of drug-likeness (QED) is 0.646. The maximum atomic E-state index is 12.2. The van der Waals surface area contributed by atoms with Gasteiger partial charge in [-0.1, -0.05) is 0 Å². The van der Waals surface area contributed by atoms with Crippen molar-refractivity contribution >= 4 is 12.1 Å². The Morgan fingerprint density at radius 1 is 1.44 bits per heavy atom. The summed E-state index contributed by atoms with van der Waals surface area (Å²) in [4.78, 5) is 10.6. The van der Waals surface area contributed by atoms with E-state index in [0.29, 0.717) is 5.56 Å². The molecule has 0 aromatic heterocycles. The number of nitrogens with one attached hydrogen (secondary N) is 1. The number of hydrogen-bond acceptors (Lipinski definition) is 4. The average molecular weight is 258 g/mol. The van der Waals surface area contributed by atoms with Crippen LogP contribution in [-0.4, -0.2) is 25.8 Å². The molecular weight excluding hydrogens is 246 g/mol. The second-order valence-corrected chi connectivity index (χ2v) is 3.21. The molecule has 1 amide bonds. The fourth-order valence-electron chi connectivity index (χ4n) is 1.16. The van der Waals surface area contributed by atoms with Gasteiger partial charge in [-0.2, -0.15) is 13.9 Å². The van der Waals surface area contributed by atoms with Crippen molar-refractivity contribution in [1.82, 2.24) is 5.43 Å². The van der Waals surface area contributed by atoms with Crippen LogP contribution in [0.15, 0.2) is 23.3 Å². The molecule has 0 heterocycles. The summed E-state index contributed by atoms with van der Waals surface area (Å²) in [5.41, 5.74) is 2.68. The van der Waals surface area contributed by atoms with Gasteiger partial charge in [0.15, 0.2) is 11.5 Å². The van der Waals surface area contributed by atoms with Crippen LogP contribution in [0.1, 0.15) is 12.5 Å². The maximum Gasteiger partial charge on any atom is 0.387 e. The van der Waals surface area contributed by atoms with Crippen LogP contribution in [0.5, 0.6) is 11.5 Å². The molecule has 1 aromatic rings. The van der Waals surface area contributed by atoms with E-state index in [-0.39, 0.29) is 17.4 Å². The van der Waals surface area contributed by atoms with E-state index >= 15 is 0 Å². The lowest BCUT2D eigenvalue weighted by Crippen LogP contribution is -2.12. The van der Waals surface area contributed by atoms with Gasteiger partial charge in [-0.15, -0.1) is 0 Å². The van der Waals surface area contributed by atoms with Crippen molar-refractivity contribution in [2.45, 2.75) is 13.5 Å². The highest BCUT2D eigenvalue weighted by Gasteiger charge is 2.10. The van der Waals surface area contributed by atoms with Crippen LogP contribution >= 0.6 is 0 Å². The number of benzene rings is 1. The first-order chi connectivity index (χ1) is 8.52. The Morgan fingerprint density at radius 2 is 2.17 bits per heavy atom. The molecule has 0 fully saturated rings. The standard InChI is InChI=1S/C11H12F2N2O3/c1-7(16)15-14-6-8-3-4-9(17-2)10(5-8)18-11(12)13/h3-6,11H,1-2H3,(H,15,16)/b14-6-. The fraction of sp³-hybridized carbons (Fsp3) is 0.273.